The predicted molar refractivity (Wildman–Crippen MR) is 107 cm³/mol. The molecule has 0 bridgehead atoms. The third-order valence-corrected chi connectivity index (χ3v) is 4.97. The quantitative estimate of drug-likeness (QED) is 0.461. The van der Waals surface area contributed by atoms with Crippen molar-refractivity contribution in [3.05, 3.63) is 75.2 Å². The van der Waals surface area contributed by atoms with Crippen LogP contribution in [0.3, 0.4) is 0 Å². The Balaban J connectivity index is 1.98. The fraction of sp³-hybridized carbons (Fsp3) is 0.238. The van der Waals surface area contributed by atoms with Crippen molar-refractivity contribution in [2.75, 3.05) is 14.2 Å². The number of nitrogens with one attached hydrogen (secondary N) is 1. The van der Waals surface area contributed by atoms with E-state index in [9.17, 15) is 24.1 Å². The Morgan fingerprint density at radius 3 is 2.50 bits per heavy atom. The monoisotopic (exact) mass is 413 g/mol. The molecule has 1 atom stereocenters. The summed E-state index contributed by atoms with van der Waals surface area (Å²) >= 11 is 0. The summed E-state index contributed by atoms with van der Waals surface area (Å²) in [5.41, 5.74) is -0.807. The SMILES string of the molecule is COc1cccc([N+](=O)[O-])c1C=C1C(=O)NC(C)(Cc2ccc(F)cc2)C(=O)N1C. The van der Waals surface area contributed by atoms with Crippen LogP contribution in [0, 0.1) is 15.9 Å². The van der Waals surface area contributed by atoms with E-state index in [2.05, 4.69) is 5.32 Å². The van der Waals surface area contributed by atoms with Crippen molar-refractivity contribution >= 4 is 23.6 Å². The Kier molecular flexibility index (Phi) is 5.55. The number of hydrogen-bond acceptors (Lipinski definition) is 5. The van der Waals surface area contributed by atoms with Crippen LogP contribution >= 0.6 is 0 Å². The van der Waals surface area contributed by atoms with Gasteiger partial charge in [-0.1, -0.05) is 18.2 Å². The lowest BCUT2D eigenvalue weighted by molar-refractivity contribution is -0.385. The van der Waals surface area contributed by atoms with Gasteiger partial charge in [0.15, 0.2) is 0 Å². The van der Waals surface area contributed by atoms with Gasteiger partial charge in [0.25, 0.3) is 17.5 Å². The van der Waals surface area contributed by atoms with Gasteiger partial charge in [-0.2, -0.15) is 0 Å². The van der Waals surface area contributed by atoms with Gasteiger partial charge in [-0.15, -0.1) is 0 Å². The first-order valence-electron chi connectivity index (χ1n) is 9.04. The van der Waals surface area contributed by atoms with E-state index in [1.807, 2.05) is 0 Å². The van der Waals surface area contributed by atoms with Gasteiger partial charge in [-0.25, -0.2) is 4.39 Å². The molecule has 1 fully saturated rings. The highest BCUT2D eigenvalue weighted by Gasteiger charge is 2.44. The maximum absolute atomic E-state index is 13.2. The summed E-state index contributed by atoms with van der Waals surface area (Å²) in [5, 5.41) is 14.1. The van der Waals surface area contributed by atoms with E-state index in [0.717, 1.165) is 0 Å². The Labute approximate surface area is 172 Å². The second-order valence-electron chi connectivity index (χ2n) is 7.13. The lowest BCUT2D eigenvalue weighted by Crippen LogP contribution is -2.64. The van der Waals surface area contributed by atoms with Gasteiger partial charge < -0.3 is 15.0 Å². The molecule has 1 heterocycles. The molecule has 2 aromatic carbocycles. The number of hydrogen-bond donors (Lipinski definition) is 1. The second-order valence-corrected chi connectivity index (χ2v) is 7.13. The van der Waals surface area contributed by atoms with Crippen LogP contribution in [-0.2, 0) is 16.0 Å². The summed E-state index contributed by atoms with van der Waals surface area (Å²) in [5.74, 6) is -1.18. The molecule has 1 unspecified atom stereocenters. The van der Waals surface area contributed by atoms with Gasteiger partial charge in [-0.05, 0) is 36.8 Å². The number of nitro benzene ring substituents is 1. The molecule has 2 amide bonds. The van der Waals surface area contributed by atoms with Crippen molar-refractivity contribution in [3.63, 3.8) is 0 Å². The number of methoxy groups -OCH3 is 1. The average Bonchev–Trinajstić information content (AvgIpc) is 2.71. The third-order valence-electron chi connectivity index (χ3n) is 4.97. The van der Waals surface area contributed by atoms with Gasteiger partial charge in [0.2, 0.25) is 0 Å². The lowest BCUT2D eigenvalue weighted by atomic mass is 9.88. The Morgan fingerprint density at radius 1 is 1.23 bits per heavy atom. The molecule has 9 heteroatoms. The first kappa shape index (κ1) is 21.0. The maximum atomic E-state index is 13.2. The zero-order valence-electron chi connectivity index (χ0n) is 16.6. The summed E-state index contributed by atoms with van der Waals surface area (Å²) in [6.45, 7) is 1.58. The van der Waals surface area contributed by atoms with Gasteiger partial charge in [0, 0.05) is 19.5 Å². The molecule has 0 aliphatic carbocycles. The zero-order valence-corrected chi connectivity index (χ0v) is 16.6. The zero-order chi connectivity index (χ0) is 22.1. The van der Waals surface area contributed by atoms with E-state index in [1.165, 1.54) is 55.5 Å². The van der Waals surface area contributed by atoms with Crippen LogP contribution in [0.1, 0.15) is 18.1 Å². The fourth-order valence-electron chi connectivity index (χ4n) is 3.44. The standard InChI is InChI=1S/C21H20FN3O5/c1-21(12-13-7-9-14(22)10-8-13)20(27)24(2)17(19(26)23-21)11-15-16(25(28)29)5-4-6-18(15)30-3/h4-11H,12H2,1-3H3,(H,23,26). The largest absolute Gasteiger partial charge is 0.496 e. The number of amides is 2. The van der Waals surface area contributed by atoms with Crippen LogP contribution in [-0.4, -0.2) is 41.3 Å². The first-order chi connectivity index (χ1) is 14.2. The van der Waals surface area contributed by atoms with Gasteiger partial charge in [0.1, 0.15) is 22.8 Å². The topological polar surface area (TPSA) is 102 Å². The summed E-state index contributed by atoms with van der Waals surface area (Å²) in [6, 6.07) is 9.94. The van der Waals surface area contributed by atoms with Crippen molar-refractivity contribution in [2.45, 2.75) is 18.9 Å². The molecule has 2 aromatic rings. The highest BCUT2D eigenvalue weighted by molar-refractivity contribution is 6.09. The highest BCUT2D eigenvalue weighted by atomic mass is 19.1. The molecule has 1 aliphatic heterocycles. The van der Waals surface area contributed by atoms with E-state index >= 15 is 0 Å². The number of nitro groups is 1. The van der Waals surface area contributed by atoms with Crippen molar-refractivity contribution in [1.82, 2.24) is 10.2 Å². The van der Waals surface area contributed by atoms with Crippen LogP contribution in [0.4, 0.5) is 10.1 Å². The number of carbonyl (C=O) groups excluding carboxylic acids is 2. The molecular formula is C21H20FN3O5. The van der Waals surface area contributed by atoms with Crippen molar-refractivity contribution < 1.29 is 23.6 Å². The Morgan fingerprint density at radius 2 is 1.90 bits per heavy atom. The van der Waals surface area contributed by atoms with E-state index < -0.39 is 28.1 Å². The molecule has 156 valence electrons. The molecule has 3 rings (SSSR count). The lowest BCUT2D eigenvalue weighted by Gasteiger charge is -2.39. The van der Waals surface area contributed by atoms with E-state index in [-0.39, 0.29) is 29.1 Å². The molecule has 1 aliphatic rings. The number of halogens is 1. The van der Waals surface area contributed by atoms with Crippen molar-refractivity contribution in [2.24, 2.45) is 0 Å². The minimum absolute atomic E-state index is 0.0517. The molecular weight excluding hydrogens is 393 g/mol. The molecule has 0 radical (unpaired) electrons. The molecule has 1 N–H and O–H groups in total. The molecule has 8 nitrogen and oxygen atoms in total. The minimum Gasteiger partial charge on any atom is -0.496 e. The summed E-state index contributed by atoms with van der Waals surface area (Å²) in [6.07, 6.45) is 1.42. The van der Waals surface area contributed by atoms with Gasteiger partial charge in [0.05, 0.1) is 17.6 Å². The van der Waals surface area contributed by atoms with E-state index in [0.29, 0.717) is 5.56 Å². The van der Waals surface area contributed by atoms with Crippen molar-refractivity contribution in [1.29, 1.82) is 0 Å². The molecule has 0 saturated carbocycles. The van der Waals surface area contributed by atoms with Crippen LogP contribution in [0.2, 0.25) is 0 Å². The van der Waals surface area contributed by atoms with Crippen LogP contribution in [0.15, 0.2) is 48.2 Å². The third kappa shape index (κ3) is 3.86. The van der Waals surface area contributed by atoms with Crippen molar-refractivity contribution in [3.8, 4) is 5.75 Å². The number of likely N-dealkylation sites (N-methyl/N-ethyl adjacent to an activating group) is 1. The molecule has 1 saturated heterocycles. The summed E-state index contributed by atoms with van der Waals surface area (Å²) in [4.78, 5) is 37.9. The minimum atomic E-state index is -1.26. The van der Waals surface area contributed by atoms with Gasteiger partial charge in [-0.3, -0.25) is 19.7 Å². The van der Waals surface area contributed by atoms with Crippen LogP contribution < -0.4 is 10.1 Å². The highest BCUT2D eigenvalue weighted by Crippen LogP contribution is 2.32. The average molecular weight is 413 g/mol. The Bertz CT molecular complexity index is 1050. The smallest absolute Gasteiger partial charge is 0.280 e. The van der Waals surface area contributed by atoms with E-state index in [4.69, 9.17) is 4.74 Å². The second kappa shape index (κ2) is 7.94. The van der Waals surface area contributed by atoms with Crippen LogP contribution in [0.5, 0.6) is 5.75 Å². The first-order valence-corrected chi connectivity index (χ1v) is 9.04. The number of nitrogens with zero attached hydrogens (tertiary/aromatic N) is 2. The van der Waals surface area contributed by atoms with Gasteiger partial charge >= 0.3 is 0 Å². The predicted octanol–water partition coefficient (Wildman–Crippen LogP) is 2.67. The number of carbonyl (C=O) groups is 2. The summed E-state index contributed by atoms with van der Waals surface area (Å²) < 4.78 is 18.4. The Hall–Kier alpha value is -3.75. The number of rotatable bonds is 5. The molecule has 0 aromatic heterocycles. The van der Waals surface area contributed by atoms with E-state index in [1.54, 1.807) is 19.1 Å². The maximum Gasteiger partial charge on any atom is 0.280 e. The normalized spacial score (nSPS) is 20.3. The summed E-state index contributed by atoms with van der Waals surface area (Å²) in [7, 11) is 2.79. The number of benzene rings is 2. The molecule has 30 heavy (non-hydrogen) atoms. The number of piperazine rings is 1. The number of ether oxygens (including phenoxy) is 1. The van der Waals surface area contributed by atoms with Crippen LogP contribution in [0.25, 0.3) is 6.08 Å². The fourth-order valence-corrected chi connectivity index (χ4v) is 3.44. The molecule has 0 spiro atoms.